The fourth-order valence-electron chi connectivity index (χ4n) is 1.27. The number of hydrogen-bond acceptors (Lipinski definition) is 5. The molecule has 2 aliphatic carbocycles. The van der Waals surface area contributed by atoms with Crippen molar-refractivity contribution >= 4 is 23.7 Å². The van der Waals surface area contributed by atoms with Crippen molar-refractivity contribution in [2.45, 2.75) is 50.7 Å². The van der Waals surface area contributed by atoms with Crippen molar-refractivity contribution in [2.24, 2.45) is 0 Å². The van der Waals surface area contributed by atoms with E-state index >= 15 is 0 Å². The van der Waals surface area contributed by atoms with Crippen molar-refractivity contribution in [3.05, 3.63) is 0 Å². The molecule has 4 nitrogen and oxygen atoms in total. The van der Waals surface area contributed by atoms with Gasteiger partial charge in [0.05, 0.1) is 12.8 Å². The Morgan fingerprint density at radius 3 is 1.65 bits per heavy atom. The van der Waals surface area contributed by atoms with E-state index < -0.39 is 0 Å². The minimum absolute atomic E-state index is 0.111. The number of esters is 2. The van der Waals surface area contributed by atoms with Gasteiger partial charge >= 0.3 is 11.9 Å². The molecular weight excluding hydrogens is 240 g/mol. The Kier molecular flexibility index (Phi) is 4.71. The van der Waals surface area contributed by atoms with Crippen molar-refractivity contribution < 1.29 is 19.1 Å². The van der Waals surface area contributed by atoms with E-state index in [2.05, 4.69) is 0 Å². The summed E-state index contributed by atoms with van der Waals surface area (Å²) in [5.74, 6) is 1.23. The summed E-state index contributed by atoms with van der Waals surface area (Å²) in [4.78, 5) is 22.4. The molecular formula is C12H18O4S. The fourth-order valence-corrected chi connectivity index (χ4v) is 2.10. The van der Waals surface area contributed by atoms with Gasteiger partial charge < -0.3 is 9.47 Å². The minimum Gasteiger partial charge on any atom is -0.462 e. The molecule has 0 aromatic rings. The van der Waals surface area contributed by atoms with Crippen LogP contribution in [-0.2, 0) is 19.1 Å². The van der Waals surface area contributed by atoms with Crippen LogP contribution in [-0.4, -0.2) is 35.7 Å². The summed E-state index contributed by atoms with van der Waals surface area (Å²) in [7, 11) is 0. The molecule has 0 atom stereocenters. The highest BCUT2D eigenvalue weighted by Crippen LogP contribution is 2.25. The smallest absolute Gasteiger partial charge is 0.306 e. The van der Waals surface area contributed by atoms with Crippen LogP contribution in [0.3, 0.4) is 0 Å². The van der Waals surface area contributed by atoms with Gasteiger partial charge in [0.15, 0.2) is 0 Å². The average molecular weight is 258 g/mol. The van der Waals surface area contributed by atoms with Crippen LogP contribution in [0.5, 0.6) is 0 Å². The molecule has 0 spiro atoms. The molecule has 0 saturated heterocycles. The summed E-state index contributed by atoms with van der Waals surface area (Å²) in [6.07, 6.45) is 5.36. The van der Waals surface area contributed by atoms with Gasteiger partial charge in [0, 0.05) is 11.5 Å². The molecule has 0 radical (unpaired) electrons. The average Bonchev–Trinajstić information content (AvgIpc) is 3.13. The summed E-state index contributed by atoms with van der Waals surface area (Å²) in [6.45, 7) is 0. The maximum Gasteiger partial charge on any atom is 0.306 e. The van der Waals surface area contributed by atoms with Gasteiger partial charge in [-0.3, -0.25) is 9.59 Å². The van der Waals surface area contributed by atoms with Crippen molar-refractivity contribution in [1.29, 1.82) is 0 Å². The zero-order chi connectivity index (χ0) is 12.1. The van der Waals surface area contributed by atoms with Crippen molar-refractivity contribution in [1.82, 2.24) is 0 Å². The van der Waals surface area contributed by atoms with Crippen LogP contribution in [0, 0.1) is 0 Å². The maximum absolute atomic E-state index is 11.2. The van der Waals surface area contributed by atoms with E-state index in [1.807, 2.05) is 0 Å². The normalized spacial score (nSPS) is 18.8. The lowest BCUT2D eigenvalue weighted by atomic mass is 10.5. The van der Waals surface area contributed by atoms with E-state index in [0.29, 0.717) is 12.8 Å². The van der Waals surface area contributed by atoms with E-state index in [1.54, 1.807) is 11.8 Å². The highest BCUT2D eigenvalue weighted by atomic mass is 32.2. The van der Waals surface area contributed by atoms with E-state index in [4.69, 9.17) is 9.47 Å². The third kappa shape index (κ3) is 5.96. The molecule has 0 unspecified atom stereocenters. The SMILES string of the molecule is O=C(CCSCCC(=O)OC1CC1)OC1CC1. The molecule has 2 aliphatic rings. The molecule has 0 aromatic heterocycles. The molecule has 0 bridgehead atoms. The van der Waals surface area contributed by atoms with Crippen LogP contribution >= 0.6 is 11.8 Å². The number of hydrogen-bond donors (Lipinski definition) is 0. The molecule has 0 heterocycles. The standard InChI is InChI=1S/C12H18O4S/c13-11(15-9-1-2-9)5-7-17-8-6-12(14)16-10-3-4-10/h9-10H,1-8H2. The molecule has 2 rings (SSSR count). The molecule has 2 fully saturated rings. The summed E-state index contributed by atoms with van der Waals surface area (Å²) < 4.78 is 10.2. The molecule has 0 aromatic carbocycles. The zero-order valence-corrected chi connectivity index (χ0v) is 10.7. The topological polar surface area (TPSA) is 52.6 Å². The lowest BCUT2D eigenvalue weighted by Gasteiger charge is -2.03. The summed E-state index contributed by atoms with van der Waals surface area (Å²) in [5, 5.41) is 0. The molecule has 0 aliphatic heterocycles. The van der Waals surface area contributed by atoms with Gasteiger partial charge in [0.1, 0.15) is 12.2 Å². The van der Waals surface area contributed by atoms with Gasteiger partial charge in [0.2, 0.25) is 0 Å². The zero-order valence-electron chi connectivity index (χ0n) is 9.85. The predicted octanol–water partition coefficient (Wildman–Crippen LogP) is 1.91. The van der Waals surface area contributed by atoms with Crippen LogP contribution in [0.1, 0.15) is 38.5 Å². The highest BCUT2D eigenvalue weighted by molar-refractivity contribution is 7.99. The van der Waals surface area contributed by atoms with Crippen molar-refractivity contribution in [3.8, 4) is 0 Å². The molecule has 2 saturated carbocycles. The van der Waals surface area contributed by atoms with Crippen molar-refractivity contribution in [2.75, 3.05) is 11.5 Å². The molecule has 0 amide bonds. The van der Waals surface area contributed by atoms with Gasteiger partial charge in [-0.05, 0) is 25.7 Å². The lowest BCUT2D eigenvalue weighted by molar-refractivity contribution is -0.145. The fraction of sp³-hybridized carbons (Fsp3) is 0.833. The molecule has 96 valence electrons. The highest BCUT2D eigenvalue weighted by Gasteiger charge is 2.26. The minimum atomic E-state index is -0.111. The Morgan fingerprint density at radius 2 is 1.29 bits per heavy atom. The van der Waals surface area contributed by atoms with E-state index in [-0.39, 0.29) is 24.1 Å². The van der Waals surface area contributed by atoms with E-state index in [0.717, 1.165) is 37.2 Å². The monoisotopic (exact) mass is 258 g/mol. The van der Waals surface area contributed by atoms with Gasteiger partial charge in [-0.2, -0.15) is 11.8 Å². The lowest BCUT2D eigenvalue weighted by Crippen LogP contribution is -2.09. The Hall–Kier alpha value is -0.710. The third-order valence-corrected chi connectivity index (χ3v) is 3.53. The Balaban J connectivity index is 1.39. The van der Waals surface area contributed by atoms with Gasteiger partial charge in [0.25, 0.3) is 0 Å². The van der Waals surface area contributed by atoms with Crippen LogP contribution in [0.15, 0.2) is 0 Å². The van der Waals surface area contributed by atoms with E-state index in [1.165, 1.54) is 0 Å². The molecule has 0 N–H and O–H groups in total. The Morgan fingerprint density at radius 1 is 0.882 bits per heavy atom. The largest absolute Gasteiger partial charge is 0.462 e. The quantitative estimate of drug-likeness (QED) is 0.492. The Bertz CT molecular complexity index is 256. The first-order valence-electron chi connectivity index (χ1n) is 6.21. The number of carbonyl (C=O) groups is 2. The number of rotatable bonds is 8. The second-order valence-corrected chi connectivity index (χ2v) is 5.72. The molecule has 17 heavy (non-hydrogen) atoms. The van der Waals surface area contributed by atoms with Gasteiger partial charge in [-0.15, -0.1) is 0 Å². The number of ether oxygens (including phenoxy) is 2. The first-order chi connectivity index (χ1) is 8.24. The summed E-state index contributed by atoms with van der Waals surface area (Å²) >= 11 is 1.60. The second kappa shape index (κ2) is 6.28. The molecule has 5 heteroatoms. The summed E-state index contributed by atoms with van der Waals surface area (Å²) in [6, 6.07) is 0. The summed E-state index contributed by atoms with van der Waals surface area (Å²) in [5.41, 5.74) is 0. The predicted molar refractivity (Wildman–Crippen MR) is 64.8 cm³/mol. The van der Waals surface area contributed by atoms with Crippen LogP contribution < -0.4 is 0 Å². The first kappa shape index (κ1) is 12.7. The van der Waals surface area contributed by atoms with Gasteiger partial charge in [-0.25, -0.2) is 0 Å². The van der Waals surface area contributed by atoms with Gasteiger partial charge in [-0.1, -0.05) is 0 Å². The third-order valence-electron chi connectivity index (χ3n) is 2.55. The first-order valence-corrected chi connectivity index (χ1v) is 7.36. The number of thioether (sulfide) groups is 1. The van der Waals surface area contributed by atoms with Crippen LogP contribution in [0.25, 0.3) is 0 Å². The Labute approximate surface area is 105 Å². The number of carbonyl (C=O) groups excluding carboxylic acids is 2. The maximum atomic E-state index is 11.2. The van der Waals surface area contributed by atoms with Crippen LogP contribution in [0.4, 0.5) is 0 Å². The van der Waals surface area contributed by atoms with Crippen LogP contribution in [0.2, 0.25) is 0 Å². The second-order valence-electron chi connectivity index (χ2n) is 4.49. The van der Waals surface area contributed by atoms with E-state index in [9.17, 15) is 9.59 Å². The van der Waals surface area contributed by atoms with Crippen molar-refractivity contribution in [3.63, 3.8) is 0 Å².